The van der Waals surface area contributed by atoms with E-state index in [1.165, 1.54) is 24.0 Å². The summed E-state index contributed by atoms with van der Waals surface area (Å²) in [6.45, 7) is 0.870. The third-order valence-corrected chi connectivity index (χ3v) is 8.93. The third kappa shape index (κ3) is 3.83. The van der Waals surface area contributed by atoms with Crippen LogP contribution in [-0.4, -0.2) is 22.4 Å². The molecule has 3 aliphatic rings. The molecule has 1 N–H and O–H groups in total. The molecular formula is C26H30N2OP+. The molecule has 0 spiro atoms. The Morgan fingerprint density at radius 3 is 2.40 bits per heavy atom. The van der Waals surface area contributed by atoms with E-state index < -0.39 is 7.95 Å². The first-order chi connectivity index (χ1) is 14.8. The van der Waals surface area contributed by atoms with Crippen LogP contribution in [-0.2, 0) is 11.1 Å². The fraction of sp³-hybridized carbons (Fsp3) is 0.385. The van der Waals surface area contributed by atoms with Crippen LogP contribution in [0.5, 0.6) is 0 Å². The molecule has 0 radical (unpaired) electrons. The summed E-state index contributed by atoms with van der Waals surface area (Å²) in [4.78, 5) is 0. The van der Waals surface area contributed by atoms with E-state index in [1.54, 1.807) is 0 Å². The Hall–Kier alpha value is -2.06. The van der Waals surface area contributed by atoms with Crippen molar-refractivity contribution in [3.05, 3.63) is 96.1 Å². The largest absolute Gasteiger partial charge is 0.443 e. The lowest BCUT2D eigenvalue weighted by molar-refractivity contribution is 0.160. The van der Waals surface area contributed by atoms with Crippen LogP contribution in [0.3, 0.4) is 0 Å². The molecule has 2 fully saturated rings. The Balaban J connectivity index is 1.44. The SMILES string of the molecule is O=[P+]1[C@@H]2C=CC=C[C@@H]2[C@@H](c2ccccc2)N1[C@H]1CCCC[C@@H]1NCc1ccccc1. The molecule has 2 aliphatic carbocycles. The topological polar surface area (TPSA) is 32.3 Å². The van der Waals surface area contributed by atoms with Gasteiger partial charge in [0.1, 0.15) is 0 Å². The van der Waals surface area contributed by atoms with E-state index in [4.69, 9.17) is 0 Å². The normalized spacial score (nSPS) is 32.3. The Morgan fingerprint density at radius 1 is 0.900 bits per heavy atom. The molecule has 1 heterocycles. The number of hydrogen-bond donors (Lipinski definition) is 1. The van der Waals surface area contributed by atoms with Crippen molar-refractivity contribution in [1.29, 1.82) is 0 Å². The van der Waals surface area contributed by atoms with Crippen molar-refractivity contribution < 1.29 is 4.57 Å². The second-order valence-electron chi connectivity index (χ2n) is 8.70. The molecule has 2 aromatic rings. The highest BCUT2D eigenvalue weighted by atomic mass is 31.1. The summed E-state index contributed by atoms with van der Waals surface area (Å²) in [5.41, 5.74) is 2.72. The molecule has 0 bridgehead atoms. The second-order valence-corrected chi connectivity index (χ2v) is 10.4. The Kier molecular flexibility index (Phi) is 5.95. The molecule has 0 aromatic heterocycles. The summed E-state index contributed by atoms with van der Waals surface area (Å²) in [5, 5.41) is 3.83. The van der Waals surface area contributed by atoms with Gasteiger partial charge in [-0.15, -0.1) is 0 Å². The zero-order chi connectivity index (χ0) is 20.3. The van der Waals surface area contributed by atoms with E-state index in [-0.39, 0.29) is 17.6 Å². The van der Waals surface area contributed by atoms with Gasteiger partial charge in [-0.2, -0.15) is 0 Å². The quantitative estimate of drug-likeness (QED) is 0.606. The Labute approximate surface area is 180 Å². The second kappa shape index (κ2) is 8.98. The Morgan fingerprint density at radius 2 is 1.60 bits per heavy atom. The molecule has 4 heteroatoms. The van der Waals surface area contributed by atoms with Gasteiger partial charge in [0.2, 0.25) is 5.66 Å². The number of benzene rings is 2. The van der Waals surface area contributed by atoms with E-state index in [9.17, 15) is 4.57 Å². The van der Waals surface area contributed by atoms with Gasteiger partial charge in [0.25, 0.3) is 0 Å². The van der Waals surface area contributed by atoms with Crippen LogP contribution in [0.1, 0.15) is 42.9 Å². The van der Waals surface area contributed by atoms with Gasteiger partial charge in [-0.1, -0.05) is 96.4 Å². The lowest BCUT2D eigenvalue weighted by Crippen LogP contribution is -2.49. The average molecular weight is 418 g/mol. The lowest BCUT2D eigenvalue weighted by Gasteiger charge is -2.36. The van der Waals surface area contributed by atoms with Crippen LogP contribution in [0.15, 0.2) is 85.0 Å². The van der Waals surface area contributed by atoms with Crippen LogP contribution in [0, 0.1) is 5.92 Å². The molecule has 1 unspecified atom stereocenters. The van der Waals surface area contributed by atoms with Gasteiger partial charge in [0, 0.05) is 12.6 Å². The maximum absolute atomic E-state index is 13.8. The summed E-state index contributed by atoms with van der Waals surface area (Å²) in [5.74, 6) is 0.290. The summed E-state index contributed by atoms with van der Waals surface area (Å²) in [6.07, 6.45) is 13.4. The van der Waals surface area contributed by atoms with Crippen LogP contribution in [0.4, 0.5) is 0 Å². The highest BCUT2D eigenvalue weighted by Gasteiger charge is 2.60. The fourth-order valence-electron chi connectivity index (χ4n) is 5.47. The molecule has 1 aliphatic heterocycles. The van der Waals surface area contributed by atoms with Crippen LogP contribution < -0.4 is 5.32 Å². The minimum Gasteiger partial charge on any atom is -0.308 e. The smallest absolute Gasteiger partial charge is 0.308 e. The van der Waals surface area contributed by atoms with Crippen molar-refractivity contribution in [1.82, 2.24) is 9.99 Å². The predicted octanol–water partition coefficient (Wildman–Crippen LogP) is 6.00. The van der Waals surface area contributed by atoms with E-state index >= 15 is 0 Å². The molecule has 0 amide bonds. The highest BCUT2D eigenvalue weighted by Crippen LogP contribution is 2.59. The highest BCUT2D eigenvalue weighted by molar-refractivity contribution is 7.43. The van der Waals surface area contributed by atoms with E-state index in [1.807, 2.05) is 0 Å². The maximum atomic E-state index is 13.8. The molecule has 30 heavy (non-hydrogen) atoms. The minimum atomic E-state index is -1.46. The minimum absolute atomic E-state index is 0.118. The van der Waals surface area contributed by atoms with Crippen molar-refractivity contribution in [2.24, 2.45) is 5.92 Å². The molecule has 154 valence electrons. The first-order valence-electron chi connectivity index (χ1n) is 11.2. The zero-order valence-corrected chi connectivity index (χ0v) is 18.2. The number of fused-ring (bicyclic) bond motifs is 1. The van der Waals surface area contributed by atoms with Crippen molar-refractivity contribution in [3.63, 3.8) is 0 Å². The van der Waals surface area contributed by atoms with Gasteiger partial charge in [-0.05, 0) is 34.6 Å². The number of hydrogen-bond acceptors (Lipinski definition) is 2. The van der Waals surface area contributed by atoms with E-state index in [0.29, 0.717) is 12.1 Å². The molecular weight excluding hydrogens is 387 g/mol. The Bertz CT molecular complexity index is 927. The van der Waals surface area contributed by atoms with Gasteiger partial charge in [0.15, 0.2) is 0 Å². The number of nitrogens with one attached hydrogen (secondary N) is 1. The lowest BCUT2D eigenvalue weighted by atomic mass is 9.84. The van der Waals surface area contributed by atoms with Crippen LogP contribution in [0.25, 0.3) is 0 Å². The summed E-state index contributed by atoms with van der Waals surface area (Å²) < 4.78 is 16.2. The van der Waals surface area contributed by atoms with Crippen molar-refractivity contribution in [2.75, 3.05) is 0 Å². The van der Waals surface area contributed by atoms with Crippen LogP contribution >= 0.6 is 7.95 Å². The van der Waals surface area contributed by atoms with Crippen molar-refractivity contribution in [2.45, 2.75) is 56.0 Å². The average Bonchev–Trinajstić information content (AvgIpc) is 3.11. The zero-order valence-electron chi connectivity index (χ0n) is 17.3. The monoisotopic (exact) mass is 417 g/mol. The predicted molar refractivity (Wildman–Crippen MR) is 124 cm³/mol. The number of rotatable bonds is 5. The van der Waals surface area contributed by atoms with Crippen molar-refractivity contribution in [3.8, 4) is 0 Å². The first-order valence-corrected chi connectivity index (χ1v) is 12.5. The van der Waals surface area contributed by atoms with Gasteiger partial charge in [0.05, 0.1) is 18.0 Å². The van der Waals surface area contributed by atoms with Gasteiger partial charge in [-0.25, -0.2) is 0 Å². The summed E-state index contributed by atoms with van der Waals surface area (Å²) in [7, 11) is -1.46. The summed E-state index contributed by atoms with van der Waals surface area (Å²) in [6, 6.07) is 22.2. The first kappa shape index (κ1) is 19.9. The van der Waals surface area contributed by atoms with E-state index in [0.717, 1.165) is 19.4 Å². The fourth-order valence-corrected chi connectivity index (χ4v) is 7.68. The standard InChI is InChI=1S/C26H30N2OP/c29-30-25-18-10-7-15-22(25)26(21-13-5-2-6-14-21)28(30)24-17-9-8-16-23(24)27-19-20-11-3-1-4-12-20/h1-7,10-15,18,22-27H,8-9,16-17,19H2/q+1/t22-,23-,24-,25+,26+/m0/s1. The molecule has 5 rings (SSSR count). The number of nitrogens with zero attached hydrogens (tertiary/aromatic N) is 1. The maximum Gasteiger partial charge on any atom is 0.443 e. The van der Waals surface area contributed by atoms with E-state index in [2.05, 4.69) is 95.0 Å². The van der Waals surface area contributed by atoms with Gasteiger partial charge in [-0.3, -0.25) is 0 Å². The van der Waals surface area contributed by atoms with Gasteiger partial charge >= 0.3 is 7.95 Å². The molecule has 1 saturated carbocycles. The third-order valence-electron chi connectivity index (χ3n) is 6.90. The molecule has 2 aromatic carbocycles. The number of allylic oxidation sites excluding steroid dienone is 3. The summed E-state index contributed by atoms with van der Waals surface area (Å²) >= 11 is 0. The van der Waals surface area contributed by atoms with Crippen LogP contribution in [0.2, 0.25) is 0 Å². The molecule has 3 nitrogen and oxygen atoms in total. The van der Waals surface area contributed by atoms with Gasteiger partial charge < -0.3 is 5.32 Å². The van der Waals surface area contributed by atoms with Crippen molar-refractivity contribution >= 4 is 7.95 Å². The molecule has 6 atom stereocenters. The molecule has 1 saturated heterocycles.